The van der Waals surface area contributed by atoms with Gasteiger partial charge >= 0.3 is 0 Å². The zero-order chi connectivity index (χ0) is 18.9. The highest BCUT2D eigenvalue weighted by atomic mass is 16.5. The average Bonchev–Trinajstić information content (AvgIpc) is 2.61. The second-order valence-electron chi connectivity index (χ2n) is 8.42. The highest BCUT2D eigenvalue weighted by Crippen LogP contribution is 2.46. The lowest BCUT2D eigenvalue weighted by Crippen LogP contribution is -2.66. The van der Waals surface area contributed by atoms with Gasteiger partial charge in [0, 0.05) is 11.5 Å². The van der Waals surface area contributed by atoms with Gasteiger partial charge in [-0.3, -0.25) is 4.79 Å². The Morgan fingerprint density at radius 1 is 1.27 bits per heavy atom. The van der Waals surface area contributed by atoms with E-state index in [0.29, 0.717) is 11.8 Å². The Labute approximate surface area is 157 Å². The molecule has 0 N–H and O–H groups in total. The number of fused-ring (bicyclic) bond motifs is 1. The molecule has 0 unspecified atom stereocenters. The van der Waals surface area contributed by atoms with Crippen LogP contribution >= 0.6 is 0 Å². The summed E-state index contributed by atoms with van der Waals surface area (Å²) in [6.07, 6.45) is 6.77. The summed E-state index contributed by atoms with van der Waals surface area (Å²) in [5, 5.41) is 0. The van der Waals surface area contributed by atoms with Gasteiger partial charge < -0.3 is 9.64 Å². The van der Waals surface area contributed by atoms with E-state index in [2.05, 4.69) is 52.5 Å². The smallest absolute Gasteiger partial charge is 0.248 e. The summed E-state index contributed by atoms with van der Waals surface area (Å²) in [6, 6.07) is 10.2. The van der Waals surface area contributed by atoms with Gasteiger partial charge in [-0.15, -0.1) is 0 Å². The van der Waals surface area contributed by atoms with Crippen LogP contribution in [0.1, 0.15) is 52.5 Å². The van der Waals surface area contributed by atoms with E-state index in [-0.39, 0.29) is 23.8 Å². The Kier molecular flexibility index (Phi) is 5.38. The lowest BCUT2D eigenvalue weighted by molar-refractivity contribution is -0.216. The van der Waals surface area contributed by atoms with Crippen molar-refractivity contribution < 1.29 is 9.53 Å². The van der Waals surface area contributed by atoms with Crippen LogP contribution in [0.2, 0.25) is 0 Å². The van der Waals surface area contributed by atoms with Gasteiger partial charge in [-0.25, -0.2) is 0 Å². The van der Waals surface area contributed by atoms with Crippen LogP contribution in [0.15, 0.2) is 48.6 Å². The monoisotopic (exact) mass is 353 g/mol. The maximum Gasteiger partial charge on any atom is 0.248 e. The molecule has 2 fully saturated rings. The fourth-order valence-corrected chi connectivity index (χ4v) is 4.69. The number of amides is 1. The molecular formula is C23H31NO2. The first-order valence-corrected chi connectivity index (χ1v) is 9.69. The van der Waals surface area contributed by atoms with Crippen LogP contribution in [0.3, 0.4) is 0 Å². The van der Waals surface area contributed by atoms with Crippen molar-refractivity contribution in [3.8, 4) is 0 Å². The van der Waals surface area contributed by atoms with E-state index in [1.165, 1.54) is 12.5 Å². The van der Waals surface area contributed by atoms with Crippen LogP contribution in [0, 0.1) is 11.8 Å². The highest BCUT2D eigenvalue weighted by Gasteiger charge is 2.52. The topological polar surface area (TPSA) is 29.5 Å². The van der Waals surface area contributed by atoms with Crippen molar-refractivity contribution in [3.05, 3.63) is 54.1 Å². The van der Waals surface area contributed by atoms with E-state index in [4.69, 9.17) is 4.74 Å². The molecule has 1 aromatic rings. The molecule has 3 nitrogen and oxygen atoms in total. The van der Waals surface area contributed by atoms with Crippen molar-refractivity contribution in [1.29, 1.82) is 0 Å². The molecule has 4 atom stereocenters. The quantitative estimate of drug-likeness (QED) is 0.712. The van der Waals surface area contributed by atoms with Gasteiger partial charge in [0.15, 0.2) is 6.23 Å². The molecule has 0 radical (unpaired) electrons. The van der Waals surface area contributed by atoms with E-state index >= 15 is 0 Å². The maximum absolute atomic E-state index is 12.8. The summed E-state index contributed by atoms with van der Waals surface area (Å²) in [5.74, 6) is 0.981. The third kappa shape index (κ3) is 3.50. The predicted octanol–water partition coefficient (Wildman–Crippen LogP) is 5.04. The van der Waals surface area contributed by atoms with E-state index in [9.17, 15) is 4.79 Å². The molecule has 0 bridgehead atoms. The van der Waals surface area contributed by atoms with Crippen LogP contribution in [-0.4, -0.2) is 28.7 Å². The van der Waals surface area contributed by atoms with E-state index in [0.717, 1.165) is 24.0 Å². The van der Waals surface area contributed by atoms with Crippen molar-refractivity contribution >= 4 is 12.0 Å². The molecule has 1 aromatic carbocycles. The van der Waals surface area contributed by atoms with Crippen LogP contribution in [-0.2, 0) is 9.53 Å². The Balaban J connectivity index is 1.98. The van der Waals surface area contributed by atoms with Gasteiger partial charge in [-0.05, 0) is 56.7 Å². The number of hydrogen-bond donors (Lipinski definition) is 0. The van der Waals surface area contributed by atoms with Crippen molar-refractivity contribution in [2.24, 2.45) is 11.8 Å². The average molecular weight is 354 g/mol. The lowest BCUT2D eigenvalue weighted by Gasteiger charge is -2.57. The third-order valence-electron chi connectivity index (χ3n) is 6.12. The normalized spacial score (nSPS) is 31.2. The Morgan fingerprint density at radius 3 is 2.62 bits per heavy atom. The maximum atomic E-state index is 12.8. The number of carbonyl (C=O) groups excluding carboxylic acids is 1. The van der Waals surface area contributed by atoms with Crippen LogP contribution in [0.25, 0.3) is 6.08 Å². The van der Waals surface area contributed by atoms with Crippen LogP contribution < -0.4 is 0 Å². The molecular weight excluding hydrogens is 322 g/mol. The Morgan fingerprint density at radius 2 is 1.96 bits per heavy atom. The minimum atomic E-state index is -0.345. The molecule has 1 heterocycles. The van der Waals surface area contributed by atoms with Gasteiger partial charge in [0.2, 0.25) is 5.91 Å². The molecule has 3 rings (SSSR count). The molecule has 3 heteroatoms. The number of benzene rings is 1. The molecule has 1 saturated carbocycles. The molecule has 0 spiro atoms. The van der Waals surface area contributed by atoms with Crippen LogP contribution in [0.4, 0.5) is 0 Å². The molecule has 1 aliphatic carbocycles. The van der Waals surface area contributed by atoms with Gasteiger partial charge in [-0.2, -0.15) is 0 Å². The third-order valence-corrected chi connectivity index (χ3v) is 6.12. The highest BCUT2D eigenvalue weighted by molar-refractivity contribution is 5.88. The SMILES string of the molecule is C=CC(=O)N1[C@H](/C(C)=C/c2ccccc2)O[C@@H]2C[C@H](C)CC[C@H]2C1(C)C. The largest absolute Gasteiger partial charge is 0.351 e. The van der Waals surface area contributed by atoms with E-state index in [1.54, 1.807) is 0 Å². The van der Waals surface area contributed by atoms with Crippen molar-refractivity contribution in [2.75, 3.05) is 0 Å². The first-order valence-electron chi connectivity index (χ1n) is 9.69. The van der Waals surface area contributed by atoms with E-state index in [1.807, 2.05) is 23.1 Å². The summed E-state index contributed by atoms with van der Waals surface area (Å²) in [4.78, 5) is 14.7. The molecule has 0 aromatic heterocycles. The number of nitrogens with zero attached hydrogens (tertiary/aromatic N) is 1. The van der Waals surface area contributed by atoms with Gasteiger partial charge in [-0.1, -0.05) is 56.3 Å². The second-order valence-corrected chi connectivity index (χ2v) is 8.42. The van der Waals surface area contributed by atoms with Crippen molar-refractivity contribution in [3.63, 3.8) is 0 Å². The summed E-state index contributed by atoms with van der Waals surface area (Å²) in [7, 11) is 0. The first kappa shape index (κ1) is 18.9. The van der Waals surface area contributed by atoms with Crippen molar-refractivity contribution in [1.82, 2.24) is 4.90 Å². The molecule has 26 heavy (non-hydrogen) atoms. The molecule has 1 saturated heterocycles. The summed E-state index contributed by atoms with van der Waals surface area (Å²) in [5.41, 5.74) is 1.91. The zero-order valence-corrected chi connectivity index (χ0v) is 16.4. The Bertz CT molecular complexity index is 691. The minimum absolute atomic E-state index is 0.0575. The lowest BCUT2D eigenvalue weighted by atomic mass is 9.69. The van der Waals surface area contributed by atoms with E-state index < -0.39 is 0 Å². The molecule has 1 amide bonds. The fourth-order valence-electron chi connectivity index (χ4n) is 4.69. The zero-order valence-electron chi connectivity index (χ0n) is 16.4. The molecule has 140 valence electrons. The van der Waals surface area contributed by atoms with Gasteiger partial charge in [0.1, 0.15) is 0 Å². The number of hydrogen-bond acceptors (Lipinski definition) is 2. The van der Waals surface area contributed by atoms with Crippen molar-refractivity contribution in [2.45, 2.75) is 64.8 Å². The second kappa shape index (κ2) is 7.40. The summed E-state index contributed by atoms with van der Waals surface area (Å²) >= 11 is 0. The number of rotatable bonds is 3. The fraction of sp³-hybridized carbons (Fsp3) is 0.522. The molecule has 1 aliphatic heterocycles. The number of ether oxygens (including phenoxy) is 1. The number of carbonyl (C=O) groups is 1. The minimum Gasteiger partial charge on any atom is -0.351 e. The Hall–Kier alpha value is -1.87. The molecule has 2 aliphatic rings. The van der Waals surface area contributed by atoms with Crippen LogP contribution in [0.5, 0.6) is 0 Å². The van der Waals surface area contributed by atoms with Gasteiger partial charge in [0.05, 0.1) is 6.10 Å². The summed E-state index contributed by atoms with van der Waals surface area (Å²) < 4.78 is 6.56. The predicted molar refractivity (Wildman–Crippen MR) is 106 cm³/mol. The summed E-state index contributed by atoms with van der Waals surface area (Å²) in [6.45, 7) is 12.5. The first-order chi connectivity index (χ1) is 12.3. The van der Waals surface area contributed by atoms with Gasteiger partial charge in [0.25, 0.3) is 0 Å². The standard InChI is InChI=1S/C23H31NO2/c1-6-21(25)24-22(17(3)15-18-10-8-7-9-11-18)26-20-14-16(2)12-13-19(20)23(24,4)5/h6-11,15-16,19-20,22H,1,12-14H2,2-5H3/b17-15+/t16-,19-,20-,22+/m1/s1.